The van der Waals surface area contributed by atoms with Gasteiger partial charge in [0.1, 0.15) is 17.8 Å². The molecule has 5 heteroatoms. The normalized spacial score (nSPS) is 10.4. The molecule has 1 amide bonds. The number of anilines is 1. The van der Waals surface area contributed by atoms with Gasteiger partial charge in [-0.3, -0.25) is 4.79 Å². The van der Waals surface area contributed by atoms with E-state index in [1.807, 2.05) is 31.2 Å². The van der Waals surface area contributed by atoms with Crippen LogP contribution in [0.1, 0.15) is 22.5 Å². The smallest absolute Gasteiger partial charge is 0.261 e. The van der Waals surface area contributed by atoms with E-state index in [1.54, 1.807) is 18.1 Å². The van der Waals surface area contributed by atoms with Gasteiger partial charge >= 0.3 is 0 Å². The number of furan rings is 1. The maximum absolute atomic E-state index is 12.6. The minimum absolute atomic E-state index is 0.103. The number of rotatable bonds is 6. The van der Waals surface area contributed by atoms with E-state index >= 15 is 0 Å². The van der Waals surface area contributed by atoms with Crippen LogP contribution in [0.4, 0.5) is 5.69 Å². The van der Waals surface area contributed by atoms with Crippen LogP contribution < -0.4 is 15.4 Å². The van der Waals surface area contributed by atoms with Crippen LogP contribution in [0, 0.1) is 6.92 Å². The second-order valence-corrected chi connectivity index (χ2v) is 4.75. The lowest BCUT2D eigenvalue weighted by atomic mass is 10.2. The van der Waals surface area contributed by atoms with Gasteiger partial charge in [0, 0.05) is 18.3 Å². The molecular formula is C16H20N2O3. The Kier molecular flexibility index (Phi) is 5.00. The Morgan fingerprint density at radius 2 is 2.19 bits per heavy atom. The molecule has 2 N–H and O–H groups in total. The molecule has 0 bridgehead atoms. The van der Waals surface area contributed by atoms with E-state index < -0.39 is 0 Å². The summed E-state index contributed by atoms with van der Waals surface area (Å²) in [7, 11) is 1.60. The van der Waals surface area contributed by atoms with Crippen LogP contribution in [0.5, 0.6) is 5.75 Å². The summed E-state index contributed by atoms with van der Waals surface area (Å²) in [5.74, 6) is 1.32. The molecule has 1 heterocycles. The number of carbonyl (C=O) groups excluding carboxylic acids is 1. The molecule has 0 aliphatic carbocycles. The first-order valence-electron chi connectivity index (χ1n) is 6.87. The zero-order valence-corrected chi connectivity index (χ0v) is 12.3. The van der Waals surface area contributed by atoms with Crippen molar-refractivity contribution < 1.29 is 13.9 Å². The van der Waals surface area contributed by atoms with Crippen molar-refractivity contribution >= 4 is 11.6 Å². The Labute approximate surface area is 124 Å². The number of nitrogens with zero attached hydrogens (tertiary/aromatic N) is 1. The van der Waals surface area contributed by atoms with Gasteiger partial charge < -0.3 is 19.8 Å². The third-order valence-electron chi connectivity index (χ3n) is 3.17. The van der Waals surface area contributed by atoms with Crippen molar-refractivity contribution in [3.8, 4) is 5.75 Å². The molecule has 112 valence electrons. The first-order chi connectivity index (χ1) is 10.2. The number of hydrogen-bond donors (Lipinski definition) is 1. The summed E-state index contributed by atoms with van der Waals surface area (Å²) < 4.78 is 10.4. The summed E-state index contributed by atoms with van der Waals surface area (Å²) in [4.78, 5) is 14.3. The Balaban J connectivity index is 2.30. The quantitative estimate of drug-likeness (QED) is 0.887. The van der Waals surface area contributed by atoms with Crippen LogP contribution in [-0.2, 0) is 0 Å². The highest BCUT2D eigenvalue weighted by Gasteiger charge is 2.19. The fourth-order valence-electron chi connectivity index (χ4n) is 2.09. The molecule has 0 aliphatic heterocycles. The van der Waals surface area contributed by atoms with Crippen LogP contribution in [0.25, 0.3) is 0 Å². The third-order valence-corrected chi connectivity index (χ3v) is 3.17. The Hall–Kier alpha value is -2.27. The van der Waals surface area contributed by atoms with E-state index in [0.717, 1.165) is 12.1 Å². The summed E-state index contributed by atoms with van der Waals surface area (Å²) >= 11 is 0. The zero-order chi connectivity index (χ0) is 15.2. The number of methoxy groups -OCH3 is 1. The molecule has 2 aromatic rings. The van der Waals surface area contributed by atoms with E-state index in [0.29, 0.717) is 30.2 Å². The predicted molar refractivity (Wildman–Crippen MR) is 81.8 cm³/mol. The fourth-order valence-corrected chi connectivity index (χ4v) is 2.09. The largest absolute Gasteiger partial charge is 0.497 e. The molecule has 21 heavy (non-hydrogen) atoms. The lowest BCUT2D eigenvalue weighted by Gasteiger charge is -2.22. The van der Waals surface area contributed by atoms with Crippen LogP contribution >= 0.6 is 0 Å². The van der Waals surface area contributed by atoms with E-state index in [4.69, 9.17) is 14.9 Å². The molecule has 0 saturated heterocycles. The SMILES string of the molecule is COc1cccc(N(CCCN)C(=O)c2coc(C)c2)c1. The lowest BCUT2D eigenvalue weighted by Crippen LogP contribution is -2.32. The minimum atomic E-state index is -0.103. The first kappa shape index (κ1) is 15.1. The van der Waals surface area contributed by atoms with Gasteiger partial charge in [-0.1, -0.05) is 6.07 Å². The van der Waals surface area contributed by atoms with Gasteiger partial charge in [0.05, 0.1) is 12.7 Å². The molecule has 0 aliphatic rings. The van der Waals surface area contributed by atoms with Gasteiger partial charge in [0.2, 0.25) is 0 Å². The number of carbonyl (C=O) groups is 1. The topological polar surface area (TPSA) is 68.7 Å². The van der Waals surface area contributed by atoms with Gasteiger partial charge in [-0.2, -0.15) is 0 Å². The summed E-state index contributed by atoms with van der Waals surface area (Å²) in [5.41, 5.74) is 6.89. The molecule has 0 spiro atoms. The molecule has 0 atom stereocenters. The molecule has 5 nitrogen and oxygen atoms in total. The highest BCUT2D eigenvalue weighted by Crippen LogP contribution is 2.23. The molecule has 1 aromatic carbocycles. The maximum atomic E-state index is 12.6. The number of amides is 1. The van der Waals surface area contributed by atoms with Crippen molar-refractivity contribution in [2.75, 3.05) is 25.1 Å². The van der Waals surface area contributed by atoms with Crippen LogP contribution in [0.3, 0.4) is 0 Å². The number of ether oxygens (including phenoxy) is 1. The molecular weight excluding hydrogens is 268 g/mol. The average Bonchev–Trinajstić information content (AvgIpc) is 2.94. The summed E-state index contributed by atoms with van der Waals surface area (Å²) in [6, 6.07) is 9.15. The molecule has 1 aromatic heterocycles. The lowest BCUT2D eigenvalue weighted by molar-refractivity contribution is 0.0986. The van der Waals surface area contributed by atoms with E-state index in [1.165, 1.54) is 6.26 Å². The van der Waals surface area contributed by atoms with Crippen molar-refractivity contribution in [2.24, 2.45) is 5.73 Å². The van der Waals surface area contributed by atoms with E-state index in [9.17, 15) is 4.79 Å². The Morgan fingerprint density at radius 3 is 2.81 bits per heavy atom. The van der Waals surface area contributed by atoms with Crippen LogP contribution in [0.15, 0.2) is 41.0 Å². The second kappa shape index (κ2) is 6.95. The highest BCUT2D eigenvalue weighted by atomic mass is 16.5. The van der Waals surface area contributed by atoms with E-state index in [-0.39, 0.29) is 5.91 Å². The molecule has 0 unspecified atom stereocenters. The van der Waals surface area contributed by atoms with Crippen LogP contribution in [0.2, 0.25) is 0 Å². The van der Waals surface area contributed by atoms with Gasteiger partial charge in [0.15, 0.2) is 0 Å². The van der Waals surface area contributed by atoms with Crippen molar-refractivity contribution in [1.82, 2.24) is 0 Å². The Morgan fingerprint density at radius 1 is 1.38 bits per heavy atom. The first-order valence-corrected chi connectivity index (χ1v) is 6.87. The second-order valence-electron chi connectivity index (χ2n) is 4.75. The summed E-state index contributed by atoms with van der Waals surface area (Å²) in [6.07, 6.45) is 2.20. The zero-order valence-electron chi connectivity index (χ0n) is 12.3. The maximum Gasteiger partial charge on any atom is 0.261 e. The third kappa shape index (κ3) is 3.64. The minimum Gasteiger partial charge on any atom is -0.497 e. The monoisotopic (exact) mass is 288 g/mol. The molecule has 0 saturated carbocycles. The van der Waals surface area contributed by atoms with Gasteiger partial charge in [-0.15, -0.1) is 0 Å². The van der Waals surface area contributed by atoms with Crippen molar-refractivity contribution in [1.29, 1.82) is 0 Å². The molecule has 0 radical (unpaired) electrons. The highest BCUT2D eigenvalue weighted by molar-refractivity contribution is 6.06. The Bertz CT molecular complexity index is 607. The van der Waals surface area contributed by atoms with E-state index in [2.05, 4.69) is 0 Å². The standard InChI is InChI=1S/C16H20N2O3/c1-12-9-13(11-21-12)16(19)18(8-4-7-17)14-5-3-6-15(10-14)20-2/h3,5-6,9-11H,4,7-8,17H2,1-2H3. The fraction of sp³-hybridized carbons (Fsp3) is 0.312. The van der Waals surface area contributed by atoms with Crippen molar-refractivity contribution in [3.63, 3.8) is 0 Å². The summed E-state index contributed by atoms with van der Waals surface area (Å²) in [6.45, 7) is 2.89. The molecule has 2 rings (SSSR count). The predicted octanol–water partition coefficient (Wildman–Crippen LogP) is 2.59. The number of nitrogens with two attached hydrogens (primary N) is 1. The number of benzene rings is 1. The average molecular weight is 288 g/mol. The number of hydrogen-bond acceptors (Lipinski definition) is 4. The van der Waals surface area contributed by atoms with Crippen molar-refractivity contribution in [2.45, 2.75) is 13.3 Å². The molecule has 0 fully saturated rings. The summed E-state index contributed by atoms with van der Waals surface area (Å²) in [5, 5.41) is 0. The number of aryl methyl sites for hydroxylation is 1. The van der Waals surface area contributed by atoms with Crippen molar-refractivity contribution in [3.05, 3.63) is 47.9 Å². The van der Waals surface area contributed by atoms with Gasteiger partial charge in [-0.05, 0) is 38.1 Å². The van der Waals surface area contributed by atoms with Gasteiger partial charge in [-0.25, -0.2) is 0 Å². The van der Waals surface area contributed by atoms with Crippen LogP contribution in [-0.4, -0.2) is 26.1 Å². The van der Waals surface area contributed by atoms with Gasteiger partial charge in [0.25, 0.3) is 5.91 Å².